The Balaban J connectivity index is 1.83. The summed E-state index contributed by atoms with van der Waals surface area (Å²) in [6.45, 7) is 2.12. The standard InChI is InChI=1S/C15H22N2O2/c1-17-8-6-13(7-9-17)16-15(18)11-12-4-3-5-14(10-12)19-2/h3-5,10,13H,6-9,11H2,1-2H3,(H,16,18). The van der Waals surface area contributed by atoms with Crippen LogP contribution < -0.4 is 10.1 Å². The number of piperidine rings is 1. The Morgan fingerprint density at radius 2 is 2.16 bits per heavy atom. The minimum absolute atomic E-state index is 0.0998. The average Bonchev–Trinajstić information content (AvgIpc) is 2.41. The summed E-state index contributed by atoms with van der Waals surface area (Å²) in [5.74, 6) is 0.896. The van der Waals surface area contributed by atoms with Crippen LogP contribution in [0.3, 0.4) is 0 Å². The second kappa shape index (κ2) is 6.57. The first-order chi connectivity index (χ1) is 9.17. The minimum Gasteiger partial charge on any atom is -0.497 e. The van der Waals surface area contributed by atoms with Crippen molar-refractivity contribution in [3.05, 3.63) is 29.8 Å². The largest absolute Gasteiger partial charge is 0.497 e. The van der Waals surface area contributed by atoms with E-state index in [2.05, 4.69) is 17.3 Å². The summed E-state index contributed by atoms with van der Waals surface area (Å²) in [5.41, 5.74) is 0.991. The molecule has 4 nitrogen and oxygen atoms in total. The van der Waals surface area contributed by atoms with Gasteiger partial charge in [0.2, 0.25) is 5.91 Å². The Morgan fingerprint density at radius 1 is 1.42 bits per heavy atom. The molecule has 0 bridgehead atoms. The van der Waals surface area contributed by atoms with Crippen LogP contribution in [0, 0.1) is 0 Å². The number of hydrogen-bond acceptors (Lipinski definition) is 3. The van der Waals surface area contributed by atoms with E-state index in [4.69, 9.17) is 4.74 Å². The third-order valence-corrected chi connectivity index (χ3v) is 3.58. The van der Waals surface area contributed by atoms with Gasteiger partial charge < -0.3 is 15.0 Å². The Morgan fingerprint density at radius 3 is 2.84 bits per heavy atom. The van der Waals surface area contributed by atoms with E-state index >= 15 is 0 Å². The lowest BCUT2D eigenvalue weighted by atomic mass is 10.0. The maximum Gasteiger partial charge on any atom is 0.224 e. The molecular weight excluding hydrogens is 240 g/mol. The highest BCUT2D eigenvalue weighted by Crippen LogP contribution is 2.13. The number of nitrogens with zero attached hydrogens (tertiary/aromatic N) is 1. The third-order valence-electron chi connectivity index (χ3n) is 3.58. The van der Waals surface area contributed by atoms with Gasteiger partial charge in [-0.2, -0.15) is 0 Å². The molecule has 0 atom stereocenters. The van der Waals surface area contributed by atoms with E-state index in [0.29, 0.717) is 12.5 Å². The van der Waals surface area contributed by atoms with Crippen LogP contribution in [0.4, 0.5) is 0 Å². The second-order valence-electron chi connectivity index (χ2n) is 5.17. The molecule has 0 spiro atoms. The highest BCUT2D eigenvalue weighted by Gasteiger charge is 2.18. The first kappa shape index (κ1) is 13.9. The second-order valence-corrected chi connectivity index (χ2v) is 5.17. The predicted octanol–water partition coefficient (Wildman–Crippen LogP) is 1.45. The summed E-state index contributed by atoms with van der Waals surface area (Å²) in [7, 11) is 3.76. The lowest BCUT2D eigenvalue weighted by Gasteiger charge is -2.29. The van der Waals surface area contributed by atoms with Gasteiger partial charge in [-0.05, 0) is 50.7 Å². The number of amides is 1. The third kappa shape index (κ3) is 4.24. The van der Waals surface area contributed by atoms with Crippen molar-refractivity contribution < 1.29 is 9.53 Å². The lowest BCUT2D eigenvalue weighted by molar-refractivity contribution is -0.121. The average molecular weight is 262 g/mol. The molecule has 0 aliphatic carbocycles. The first-order valence-electron chi connectivity index (χ1n) is 6.78. The molecule has 1 aliphatic heterocycles. The number of carbonyl (C=O) groups is 1. The molecule has 2 rings (SSSR count). The van der Waals surface area contributed by atoms with E-state index in [1.807, 2.05) is 24.3 Å². The summed E-state index contributed by atoms with van der Waals surface area (Å²) in [6.07, 6.45) is 2.50. The number of hydrogen-bond donors (Lipinski definition) is 1. The highest BCUT2D eigenvalue weighted by atomic mass is 16.5. The zero-order chi connectivity index (χ0) is 13.7. The van der Waals surface area contributed by atoms with Crippen LogP contribution in [0.2, 0.25) is 0 Å². The fourth-order valence-corrected chi connectivity index (χ4v) is 2.40. The number of likely N-dealkylation sites (tertiary alicyclic amines) is 1. The van der Waals surface area contributed by atoms with E-state index in [-0.39, 0.29) is 5.91 Å². The van der Waals surface area contributed by atoms with E-state index in [9.17, 15) is 4.79 Å². The Labute approximate surface area is 114 Å². The molecule has 104 valence electrons. The molecule has 1 aromatic rings. The fourth-order valence-electron chi connectivity index (χ4n) is 2.40. The number of ether oxygens (including phenoxy) is 1. The predicted molar refractivity (Wildman–Crippen MR) is 75.4 cm³/mol. The van der Waals surface area contributed by atoms with Gasteiger partial charge in [-0.1, -0.05) is 12.1 Å². The van der Waals surface area contributed by atoms with Crippen LogP contribution in [-0.2, 0) is 11.2 Å². The minimum atomic E-state index is 0.0998. The van der Waals surface area contributed by atoms with Crippen molar-refractivity contribution in [3.63, 3.8) is 0 Å². The van der Waals surface area contributed by atoms with E-state index in [0.717, 1.165) is 37.2 Å². The fraction of sp³-hybridized carbons (Fsp3) is 0.533. The summed E-state index contributed by atoms with van der Waals surface area (Å²) in [5, 5.41) is 3.12. The molecule has 0 aromatic heterocycles. The number of methoxy groups -OCH3 is 1. The highest BCUT2D eigenvalue weighted by molar-refractivity contribution is 5.79. The van der Waals surface area contributed by atoms with E-state index in [1.165, 1.54) is 0 Å². The number of carbonyl (C=O) groups excluding carboxylic acids is 1. The quantitative estimate of drug-likeness (QED) is 0.893. The van der Waals surface area contributed by atoms with Crippen LogP contribution in [-0.4, -0.2) is 44.1 Å². The van der Waals surface area contributed by atoms with Crippen molar-refractivity contribution in [2.75, 3.05) is 27.2 Å². The molecule has 1 aliphatic rings. The van der Waals surface area contributed by atoms with Crippen molar-refractivity contribution >= 4 is 5.91 Å². The molecule has 1 fully saturated rings. The lowest BCUT2D eigenvalue weighted by Crippen LogP contribution is -2.43. The zero-order valence-corrected chi connectivity index (χ0v) is 11.7. The van der Waals surface area contributed by atoms with Crippen molar-refractivity contribution in [3.8, 4) is 5.75 Å². The smallest absolute Gasteiger partial charge is 0.224 e. The topological polar surface area (TPSA) is 41.6 Å². The molecule has 0 saturated carbocycles. The molecule has 1 N–H and O–H groups in total. The van der Waals surface area contributed by atoms with Gasteiger partial charge in [0.15, 0.2) is 0 Å². The van der Waals surface area contributed by atoms with Crippen molar-refractivity contribution in [1.82, 2.24) is 10.2 Å². The first-order valence-corrected chi connectivity index (χ1v) is 6.78. The summed E-state index contributed by atoms with van der Waals surface area (Å²) in [6, 6.07) is 8.00. The molecule has 0 unspecified atom stereocenters. The maximum absolute atomic E-state index is 12.0. The van der Waals surface area contributed by atoms with E-state index < -0.39 is 0 Å². The van der Waals surface area contributed by atoms with Gasteiger partial charge in [-0.3, -0.25) is 4.79 Å². The van der Waals surface area contributed by atoms with E-state index in [1.54, 1.807) is 7.11 Å². The summed E-state index contributed by atoms with van der Waals surface area (Å²) < 4.78 is 5.16. The molecular formula is C15H22N2O2. The van der Waals surface area contributed by atoms with Gasteiger partial charge in [0, 0.05) is 6.04 Å². The molecule has 1 heterocycles. The van der Waals surface area contributed by atoms with Gasteiger partial charge in [0.1, 0.15) is 5.75 Å². The van der Waals surface area contributed by atoms with Gasteiger partial charge >= 0.3 is 0 Å². The number of benzene rings is 1. The van der Waals surface area contributed by atoms with Crippen molar-refractivity contribution in [2.45, 2.75) is 25.3 Å². The summed E-state index contributed by atoms with van der Waals surface area (Å²) in [4.78, 5) is 14.3. The monoisotopic (exact) mass is 262 g/mol. The molecule has 19 heavy (non-hydrogen) atoms. The number of nitrogens with one attached hydrogen (secondary N) is 1. The van der Waals surface area contributed by atoms with Gasteiger partial charge in [-0.15, -0.1) is 0 Å². The van der Waals surface area contributed by atoms with Crippen molar-refractivity contribution in [1.29, 1.82) is 0 Å². The molecule has 0 radical (unpaired) electrons. The SMILES string of the molecule is COc1cccc(CC(=O)NC2CCN(C)CC2)c1. The Bertz CT molecular complexity index is 426. The van der Waals surface area contributed by atoms with Crippen LogP contribution in [0.5, 0.6) is 5.75 Å². The van der Waals surface area contributed by atoms with Gasteiger partial charge in [-0.25, -0.2) is 0 Å². The Kier molecular flexibility index (Phi) is 4.80. The maximum atomic E-state index is 12.0. The Hall–Kier alpha value is -1.55. The molecule has 1 amide bonds. The summed E-state index contributed by atoms with van der Waals surface area (Å²) >= 11 is 0. The van der Waals surface area contributed by atoms with Crippen LogP contribution in [0.1, 0.15) is 18.4 Å². The molecule has 1 aromatic carbocycles. The molecule has 4 heteroatoms. The van der Waals surface area contributed by atoms with Crippen LogP contribution in [0.15, 0.2) is 24.3 Å². The number of rotatable bonds is 4. The van der Waals surface area contributed by atoms with Crippen molar-refractivity contribution in [2.24, 2.45) is 0 Å². The van der Waals surface area contributed by atoms with Crippen LogP contribution in [0.25, 0.3) is 0 Å². The van der Waals surface area contributed by atoms with Crippen LogP contribution >= 0.6 is 0 Å². The zero-order valence-electron chi connectivity index (χ0n) is 11.7. The van der Waals surface area contributed by atoms with Gasteiger partial charge in [0.25, 0.3) is 0 Å². The molecule has 1 saturated heterocycles. The normalized spacial score (nSPS) is 17.2. The van der Waals surface area contributed by atoms with Gasteiger partial charge in [0.05, 0.1) is 13.5 Å².